The van der Waals surface area contributed by atoms with Crippen LogP contribution in [0.25, 0.3) is 0 Å². The van der Waals surface area contributed by atoms with Crippen LogP contribution in [0.15, 0.2) is 18.2 Å². The first kappa shape index (κ1) is 15.1. The highest BCUT2D eigenvalue weighted by molar-refractivity contribution is 7.91. The fraction of sp³-hybridized carbons (Fsp3) is 0.333. The second-order valence-corrected chi connectivity index (χ2v) is 6.61. The van der Waals surface area contributed by atoms with Gasteiger partial charge < -0.3 is 9.84 Å². The first-order chi connectivity index (χ1) is 9.62. The van der Waals surface area contributed by atoms with Crippen LogP contribution in [-0.4, -0.2) is 32.0 Å². The molecular weight excluding hydrogens is 300 g/mol. The van der Waals surface area contributed by atoms with Gasteiger partial charge in [-0.25, -0.2) is 4.72 Å². The molecule has 21 heavy (non-hydrogen) atoms. The summed E-state index contributed by atoms with van der Waals surface area (Å²) in [5.74, 6) is -1.76. The summed E-state index contributed by atoms with van der Waals surface area (Å²) in [5.41, 5.74) is -1.04. The van der Waals surface area contributed by atoms with E-state index in [4.69, 9.17) is 9.84 Å². The number of ether oxygens (including phenoxy) is 1. The van der Waals surface area contributed by atoms with Crippen molar-refractivity contribution in [2.24, 2.45) is 5.41 Å². The van der Waals surface area contributed by atoms with Crippen molar-refractivity contribution in [3.63, 3.8) is 0 Å². The van der Waals surface area contributed by atoms with E-state index in [-0.39, 0.29) is 23.6 Å². The Morgan fingerprint density at radius 3 is 2.62 bits per heavy atom. The lowest BCUT2D eigenvalue weighted by molar-refractivity contribution is -0.148. The topological polar surface area (TPSA) is 122 Å². The van der Waals surface area contributed by atoms with Gasteiger partial charge >= 0.3 is 16.2 Å². The summed E-state index contributed by atoms with van der Waals surface area (Å²) < 4.78 is 32.1. The van der Waals surface area contributed by atoms with Crippen molar-refractivity contribution in [2.75, 3.05) is 11.3 Å². The predicted molar refractivity (Wildman–Crippen MR) is 73.4 cm³/mol. The van der Waals surface area contributed by atoms with Gasteiger partial charge in [-0.3, -0.25) is 14.3 Å². The molecule has 3 N–H and O–H groups in total. The number of hydrogen-bond acceptors (Lipinski definition) is 5. The number of anilines is 1. The zero-order valence-electron chi connectivity index (χ0n) is 11.3. The predicted octanol–water partition coefficient (Wildman–Crippen LogP) is 0.576. The van der Waals surface area contributed by atoms with Crippen molar-refractivity contribution in [1.29, 1.82) is 0 Å². The Labute approximate surface area is 121 Å². The number of carboxylic acid groups (broad SMARTS) is 1. The minimum Gasteiger partial charge on any atom is -0.491 e. The number of rotatable bonds is 4. The van der Waals surface area contributed by atoms with Gasteiger partial charge in [-0.2, -0.15) is 8.42 Å². The number of nitrogens with one attached hydrogen (secondary N) is 2. The van der Waals surface area contributed by atoms with Gasteiger partial charge in [-0.1, -0.05) is 6.07 Å². The van der Waals surface area contributed by atoms with Gasteiger partial charge in [0.05, 0.1) is 11.1 Å². The molecule has 0 atom stereocenters. The van der Waals surface area contributed by atoms with Gasteiger partial charge in [0, 0.05) is 0 Å². The Bertz CT molecular complexity index is 710. The maximum atomic E-state index is 11.9. The molecule has 1 aliphatic heterocycles. The fourth-order valence-corrected chi connectivity index (χ4v) is 2.49. The van der Waals surface area contributed by atoms with Crippen molar-refractivity contribution in [1.82, 2.24) is 4.72 Å². The van der Waals surface area contributed by atoms with E-state index in [0.29, 0.717) is 0 Å². The zero-order valence-corrected chi connectivity index (χ0v) is 12.2. The van der Waals surface area contributed by atoms with Crippen molar-refractivity contribution in [3.8, 4) is 5.75 Å². The van der Waals surface area contributed by atoms with Crippen LogP contribution in [0.5, 0.6) is 5.75 Å². The first-order valence-electron chi connectivity index (χ1n) is 5.96. The number of fused-ring (bicyclic) bond motifs is 1. The number of carbonyl (C=O) groups is 2. The van der Waals surface area contributed by atoms with Crippen molar-refractivity contribution < 1.29 is 27.9 Å². The van der Waals surface area contributed by atoms with Crippen LogP contribution in [0, 0.1) is 5.41 Å². The largest absolute Gasteiger partial charge is 0.491 e. The van der Waals surface area contributed by atoms with E-state index >= 15 is 0 Å². The second kappa shape index (κ2) is 4.92. The molecule has 0 fully saturated rings. The fourth-order valence-electron chi connectivity index (χ4n) is 1.63. The van der Waals surface area contributed by atoms with Crippen LogP contribution in [0.1, 0.15) is 24.2 Å². The second-order valence-electron chi connectivity index (χ2n) is 5.19. The highest BCUT2D eigenvalue weighted by Crippen LogP contribution is 2.31. The number of carbonyl (C=O) groups excluding carboxylic acids is 1. The number of benzene rings is 1. The third kappa shape index (κ3) is 3.07. The molecule has 0 radical (unpaired) electrons. The average Bonchev–Trinajstić information content (AvgIpc) is 2.34. The average molecular weight is 314 g/mol. The number of hydrogen-bond donors (Lipinski definition) is 3. The lowest BCUT2D eigenvalue weighted by Gasteiger charge is -2.23. The van der Waals surface area contributed by atoms with Crippen molar-refractivity contribution >= 4 is 27.8 Å². The van der Waals surface area contributed by atoms with Crippen LogP contribution >= 0.6 is 0 Å². The molecule has 2 rings (SSSR count). The van der Waals surface area contributed by atoms with E-state index in [1.54, 1.807) is 4.72 Å². The van der Waals surface area contributed by atoms with Gasteiger partial charge in [0.15, 0.2) is 0 Å². The lowest BCUT2D eigenvalue weighted by Crippen LogP contribution is -2.40. The van der Waals surface area contributed by atoms with Gasteiger partial charge in [-0.15, -0.1) is 0 Å². The zero-order chi connectivity index (χ0) is 15.8. The molecule has 1 aromatic rings. The Kier molecular flexibility index (Phi) is 3.54. The van der Waals surface area contributed by atoms with E-state index in [1.807, 2.05) is 0 Å². The summed E-state index contributed by atoms with van der Waals surface area (Å²) in [6.07, 6.45) is 0. The number of carboxylic acids is 1. The molecule has 1 heterocycles. The van der Waals surface area contributed by atoms with E-state index in [2.05, 4.69) is 4.72 Å². The number of amides is 1. The van der Waals surface area contributed by atoms with Gasteiger partial charge in [0.2, 0.25) is 0 Å². The Morgan fingerprint density at radius 2 is 2.00 bits per heavy atom. The van der Waals surface area contributed by atoms with E-state index in [1.165, 1.54) is 32.0 Å². The molecule has 9 heteroatoms. The third-order valence-electron chi connectivity index (χ3n) is 2.89. The van der Waals surface area contributed by atoms with Crippen LogP contribution in [0.4, 0.5) is 5.69 Å². The SMILES string of the molecule is CC(C)(COc1cccc2c1C(=O)NS(=O)(=O)N2)C(=O)O. The van der Waals surface area contributed by atoms with Gasteiger partial charge in [0.1, 0.15) is 17.9 Å². The summed E-state index contributed by atoms with van der Waals surface area (Å²) in [6.45, 7) is 2.79. The minimum absolute atomic E-state index is 0.0218. The minimum atomic E-state index is -3.92. The normalized spacial score (nSPS) is 16.4. The molecule has 0 aromatic heterocycles. The summed E-state index contributed by atoms with van der Waals surface area (Å²) in [6, 6.07) is 4.39. The monoisotopic (exact) mass is 314 g/mol. The highest BCUT2D eigenvalue weighted by Gasteiger charge is 2.32. The van der Waals surface area contributed by atoms with Crippen molar-refractivity contribution in [3.05, 3.63) is 23.8 Å². The van der Waals surface area contributed by atoms with Crippen LogP contribution < -0.4 is 14.2 Å². The molecule has 114 valence electrons. The van der Waals surface area contributed by atoms with Crippen LogP contribution in [-0.2, 0) is 15.0 Å². The Morgan fingerprint density at radius 1 is 1.33 bits per heavy atom. The molecular formula is C12H14N2O6S. The molecule has 0 aliphatic carbocycles. The highest BCUT2D eigenvalue weighted by atomic mass is 32.2. The standard InChI is InChI=1S/C12H14N2O6S/c1-12(2,11(16)17)6-20-8-5-3-4-7-9(8)10(15)14-21(18,19)13-7/h3-5,13H,6H2,1-2H3,(H,14,15)(H,16,17). The number of aliphatic carboxylic acids is 1. The smallest absolute Gasteiger partial charge is 0.323 e. The van der Waals surface area contributed by atoms with E-state index in [0.717, 1.165) is 0 Å². The Balaban J connectivity index is 2.32. The molecule has 0 saturated carbocycles. The lowest BCUT2D eigenvalue weighted by atomic mass is 9.95. The van der Waals surface area contributed by atoms with E-state index in [9.17, 15) is 18.0 Å². The van der Waals surface area contributed by atoms with Gasteiger partial charge in [-0.05, 0) is 26.0 Å². The molecule has 0 bridgehead atoms. The molecule has 0 saturated heterocycles. The van der Waals surface area contributed by atoms with Crippen LogP contribution in [0.2, 0.25) is 0 Å². The van der Waals surface area contributed by atoms with Crippen LogP contribution in [0.3, 0.4) is 0 Å². The first-order valence-corrected chi connectivity index (χ1v) is 7.45. The summed E-state index contributed by atoms with van der Waals surface area (Å²) in [5, 5.41) is 9.03. The maximum Gasteiger partial charge on any atom is 0.323 e. The molecule has 1 amide bonds. The molecule has 1 aliphatic rings. The third-order valence-corrected chi connectivity index (χ3v) is 3.83. The summed E-state index contributed by atoms with van der Waals surface area (Å²) >= 11 is 0. The van der Waals surface area contributed by atoms with E-state index < -0.39 is 27.5 Å². The molecule has 1 aromatic carbocycles. The maximum absolute atomic E-state index is 11.9. The van der Waals surface area contributed by atoms with Crippen molar-refractivity contribution in [2.45, 2.75) is 13.8 Å². The van der Waals surface area contributed by atoms with Gasteiger partial charge in [0.25, 0.3) is 5.91 Å². The quantitative estimate of drug-likeness (QED) is 0.747. The Hall–Kier alpha value is -2.29. The summed E-state index contributed by atoms with van der Waals surface area (Å²) in [4.78, 5) is 22.9. The molecule has 0 unspecified atom stereocenters. The summed E-state index contributed by atoms with van der Waals surface area (Å²) in [7, 11) is -3.92. The molecule has 8 nitrogen and oxygen atoms in total. The molecule has 0 spiro atoms.